The maximum Gasteiger partial charge on any atom is 0.410 e. The topological polar surface area (TPSA) is 124 Å². The zero-order valence-electron chi connectivity index (χ0n) is 40.6. The SMILES string of the molecule is COc1ccc(CN(Cc2ccc(OC)cc2)c2c(F)c(C)c(I)c(-c3nc4c5c(nc(OCC6(CN7CCOCC7)CC6)nc5c3F)N3C[C@H]5CC[C@@H]([C@H]3[C@H](C)O4)N5C(=O)OC(C)(C)C)c2F)cc1. The number of hydrogen-bond acceptors (Lipinski definition) is 13. The minimum Gasteiger partial charge on any atom is -0.497 e. The predicted octanol–water partition coefficient (Wildman–Crippen LogP) is 9.47. The summed E-state index contributed by atoms with van der Waals surface area (Å²) in [6.45, 7) is 13.7. The highest BCUT2D eigenvalue weighted by Gasteiger charge is 2.54. The minimum atomic E-state index is -0.999. The van der Waals surface area contributed by atoms with Crippen LogP contribution in [-0.4, -0.2) is 121 Å². The van der Waals surface area contributed by atoms with Crippen LogP contribution in [0.1, 0.15) is 70.1 Å². The Kier molecular flexibility index (Phi) is 13.1. The highest BCUT2D eigenvalue weighted by Crippen LogP contribution is 2.50. The predicted molar refractivity (Wildman–Crippen MR) is 266 cm³/mol. The molecular formula is C52H59F3IN7O7. The molecule has 6 heterocycles. The fourth-order valence-corrected chi connectivity index (χ4v) is 11.3. The van der Waals surface area contributed by atoms with E-state index >= 15 is 13.2 Å². The Morgan fingerprint density at radius 1 is 0.900 bits per heavy atom. The van der Waals surface area contributed by atoms with Crippen LogP contribution in [0.2, 0.25) is 0 Å². The van der Waals surface area contributed by atoms with Crippen molar-refractivity contribution in [1.29, 1.82) is 0 Å². The number of rotatable bonds is 13. The minimum absolute atomic E-state index is 0.00688. The number of anilines is 2. The second kappa shape index (κ2) is 19.0. The zero-order chi connectivity index (χ0) is 49.2. The molecule has 2 aromatic heterocycles. The van der Waals surface area contributed by atoms with Crippen molar-refractivity contribution in [2.24, 2.45) is 5.41 Å². The van der Waals surface area contributed by atoms with Crippen molar-refractivity contribution in [2.75, 3.05) is 70.0 Å². The molecule has 3 aromatic carbocycles. The van der Waals surface area contributed by atoms with Crippen molar-refractivity contribution in [1.82, 2.24) is 24.8 Å². The van der Waals surface area contributed by atoms with Crippen LogP contribution >= 0.6 is 22.6 Å². The molecule has 2 bridgehead atoms. The monoisotopic (exact) mass is 1080 g/mol. The third kappa shape index (κ3) is 9.23. The van der Waals surface area contributed by atoms with Gasteiger partial charge in [-0.1, -0.05) is 24.3 Å². The van der Waals surface area contributed by atoms with E-state index < -0.39 is 47.0 Å². The van der Waals surface area contributed by atoms with Gasteiger partial charge in [0.25, 0.3) is 0 Å². The molecule has 0 spiro atoms. The van der Waals surface area contributed by atoms with Crippen molar-refractivity contribution in [3.05, 3.63) is 86.2 Å². The number of carbonyl (C=O) groups is 1. The summed E-state index contributed by atoms with van der Waals surface area (Å²) in [5.41, 5.74) is -0.360. The lowest BCUT2D eigenvalue weighted by Crippen LogP contribution is -2.65. The molecule has 14 nitrogen and oxygen atoms in total. The van der Waals surface area contributed by atoms with Crippen molar-refractivity contribution >= 4 is 51.1 Å². The third-order valence-corrected chi connectivity index (χ3v) is 15.7. The Morgan fingerprint density at radius 2 is 1.54 bits per heavy atom. The van der Waals surface area contributed by atoms with Gasteiger partial charge in [-0.3, -0.25) is 9.80 Å². The molecular weight excluding hydrogens is 1020 g/mol. The lowest BCUT2D eigenvalue weighted by molar-refractivity contribution is 0.000934. The second-order valence-electron chi connectivity index (χ2n) is 20.3. The number of halogens is 4. The fraction of sp³-hybridized carbons (Fsp3) is 0.500. The number of ether oxygens (including phenoxy) is 6. The summed E-state index contributed by atoms with van der Waals surface area (Å²) in [5, 5.41) is 0.206. The maximum absolute atomic E-state index is 18.1. The Balaban J connectivity index is 1.10. The van der Waals surface area contributed by atoms with Gasteiger partial charge in [0.2, 0.25) is 5.88 Å². The van der Waals surface area contributed by atoms with Gasteiger partial charge in [0.15, 0.2) is 17.5 Å². The van der Waals surface area contributed by atoms with E-state index in [4.69, 9.17) is 43.4 Å². The fourth-order valence-electron chi connectivity index (χ4n) is 10.6. The average molecular weight is 1080 g/mol. The van der Waals surface area contributed by atoms with Crippen molar-refractivity contribution in [3.63, 3.8) is 0 Å². The third-order valence-electron chi connectivity index (χ3n) is 14.3. The van der Waals surface area contributed by atoms with Crippen LogP contribution in [0.15, 0.2) is 48.5 Å². The molecule has 5 aliphatic rings. The van der Waals surface area contributed by atoms with Crippen molar-refractivity contribution in [2.45, 2.75) is 103 Å². The first kappa shape index (κ1) is 48.3. The van der Waals surface area contributed by atoms with Gasteiger partial charge >= 0.3 is 12.1 Å². The van der Waals surface area contributed by atoms with Crippen LogP contribution in [0.5, 0.6) is 23.4 Å². The maximum atomic E-state index is 18.1. The van der Waals surface area contributed by atoms with Gasteiger partial charge < -0.3 is 38.2 Å². The summed E-state index contributed by atoms with van der Waals surface area (Å²) in [5.74, 6) is -1.10. The first-order chi connectivity index (χ1) is 33.5. The molecule has 4 aliphatic heterocycles. The lowest BCUT2D eigenvalue weighted by atomic mass is 9.98. The van der Waals surface area contributed by atoms with E-state index in [-0.39, 0.29) is 73.8 Å². The normalized spacial score (nSPS) is 21.5. The summed E-state index contributed by atoms with van der Waals surface area (Å²) < 4.78 is 88.9. The van der Waals surface area contributed by atoms with E-state index in [0.29, 0.717) is 50.1 Å². The number of piperazine rings is 1. The number of carbonyl (C=O) groups excluding carboxylic acids is 1. The highest BCUT2D eigenvalue weighted by atomic mass is 127. The van der Waals surface area contributed by atoms with Gasteiger partial charge in [-0.2, -0.15) is 9.97 Å². The largest absolute Gasteiger partial charge is 0.497 e. The number of morpholine rings is 1. The van der Waals surface area contributed by atoms with Crippen molar-refractivity contribution < 1.29 is 46.4 Å². The smallest absolute Gasteiger partial charge is 0.410 e. The molecule has 10 rings (SSSR count). The molecule has 0 N–H and O–H groups in total. The first-order valence-corrected chi connectivity index (χ1v) is 25.1. The summed E-state index contributed by atoms with van der Waals surface area (Å²) in [4.78, 5) is 36.4. The molecule has 3 saturated heterocycles. The van der Waals surface area contributed by atoms with Gasteiger partial charge in [-0.25, -0.2) is 22.9 Å². The van der Waals surface area contributed by atoms with Crippen LogP contribution < -0.4 is 28.7 Å². The number of fused-ring (bicyclic) bond motifs is 5. The molecule has 1 saturated carbocycles. The molecule has 0 radical (unpaired) electrons. The molecule has 372 valence electrons. The van der Waals surface area contributed by atoms with Crippen LogP contribution in [0.25, 0.3) is 22.2 Å². The highest BCUT2D eigenvalue weighted by molar-refractivity contribution is 14.1. The van der Waals surface area contributed by atoms with Crippen LogP contribution in [0, 0.1) is 33.4 Å². The van der Waals surface area contributed by atoms with Crippen LogP contribution in [0.3, 0.4) is 0 Å². The van der Waals surface area contributed by atoms with E-state index in [1.807, 2.05) is 79.5 Å². The number of hydrogen-bond donors (Lipinski definition) is 0. The Morgan fingerprint density at radius 3 is 2.14 bits per heavy atom. The Hall–Kier alpha value is -5.34. The summed E-state index contributed by atoms with van der Waals surface area (Å²) in [7, 11) is 3.14. The summed E-state index contributed by atoms with van der Waals surface area (Å²) >= 11 is 1.87. The van der Waals surface area contributed by atoms with E-state index in [1.54, 1.807) is 50.3 Å². The summed E-state index contributed by atoms with van der Waals surface area (Å²) in [6, 6.07) is 13.4. The molecule has 70 heavy (non-hydrogen) atoms. The second-order valence-corrected chi connectivity index (χ2v) is 21.4. The zero-order valence-corrected chi connectivity index (χ0v) is 42.8. The number of aromatic nitrogens is 3. The summed E-state index contributed by atoms with van der Waals surface area (Å²) in [6.07, 6.45) is 2.27. The molecule has 18 heteroatoms. The molecule has 5 aromatic rings. The average Bonchev–Trinajstić information content (AvgIpc) is 4.05. The van der Waals surface area contributed by atoms with E-state index in [1.165, 1.54) is 0 Å². The number of benzene rings is 3. The number of pyridine rings is 1. The van der Waals surface area contributed by atoms with Gasteiger partial charge in [-0.05, 0) is 118 Å². The first-order valence-electron chi connectivity index (χ1n) is 24.0. The Labute approximate surface area is 419 Å². The lowest BCUT2D eigenvalue weighted by Gasteiger charge is -2.48. The molecule has 1 amide bonds. The van der Waals surface area contributed by atoms with Gasteiger partial charge in [0.1, 0.15) is 51.3 Å². The number of amides is 1. The van der Waals surface area contributed by atoms with E-state index in [2.05, 4.69) is 9.80 Å². The van der Waals surface area contributed by atoms with Gasteiger partial charge in [0, 0.05) is 53.8 Å². The molecule has 4 atom stereocenters. The van der Waals surface area contributed by atoms with E-state index in [9.17, 15) is 4.79 Å². The number of nitrogens with zero attached hydrogens (tertiary/aromatic N) is 7. The molecule has 4 fully saturated rings. The van der Waals surface area contributed by atoms with E-state index in [0.717, 1.165) is 50.0 Å². The molecule has 0 unspecified atom stereocenters. The quantitative estimate of drug-likeness (QED) is 0.104. The molecule has 1 aliphatic carbocycles. The standard InChI is InChI=1S/C52H59F3IN7O7/c1-29-39(53)46(61(24-31-8-13-34(65-6)14-9-31)25-32-10-15-35(66-7)16-11-32)40(54)37(42(29)56)43-41(55)44-38-47(59-49(58-44)68-28-52(18-19-52)27-60-20-22-67-23-21-60)62-26-33-12-17-36(45(62)30(2)69-48(38)57-43)63(33)50(64)70-51(3,4)5/h8-11,13-16,30,33,36,45H,12,17-28H2,1-7H3/t30-,33+,36-,45+/m0/s1. The Bertz CT molecular complexity index is 2740. The van der Waals surface area contributed by atoms with Crippen molar-refractivity contribution in [3.8, 4) is 34.6 Å². The van der Waals surface area contributed by atoms with Crippen LogP contribution in [-0.2, 0) is 22.6 Å². The van der Waals surface area contributed by atoms with Gasteiger partial charge in [0.05, 0.1) is 57.7 Å². The number of methoxy groups -OCH3 is 2. The van der Waals surface area contributed by atoms with Gasteiger partial charge in [-0.15, -0.1) is 0 Å². The van der Waals surface area contributed by atoms with Crippen LogP contribution in [0.4, 0.5) is 29.5 Å².